The van der Waals surface area contributed by atoms with Gasteiger partial charge in [0.05, 0.1) is 11.6 Å². The van der Waals surface area contributed by atoms with E-state index in [0.29, 0.717) is 5.82 Å². The molecule has 2 aromatic carbocycles. The minimum atomic E-state index is -5.10. The van der Waals surface area contributed by atoms with Crippen LogP contribution in [0.25, 0.3) is 10.9 Å². The highest BCUT2D eigenvalue weighted by Gasteiger charge is 2.61. The lowest BCUT2D eigenvalue weighted by molar-refractivity contribution is -0.270. The topological polar surface area (TPSA) is 78.3 Å². The zero-order valence-corrected chi connectivity index (χ0v) is 18.1. The van der Waals surface area contributed by atoms with Crippen LogP contribution in [-0.2, 0) is 12.8 Å². The van der Waals surface area contributed by atoms with Crippen LogP contribution in [0.15, 0.2) is 18.3 Å². The summed E-state index contributed by atoms with van der Waals surface area (Å²) in [6.45, 7) is 4.50. The fourth-order valence-corrected chi connectivity index (χ4v) is 4.60. The average molecular weight is 467 g/mol. The Labute approximate surface area is 186 Å². The van der Waals surface area contributed by atoms with Gasteiger partial charge in [-0.3, -0.25) is 0 Å². The number of benzene rings is 2. The van der Waals surface area contributed by atoms with E-state index >= 15 is 4.39 Å². The first-order valence-corrected chi connectivity index (χ1v) is 10.4. The van der Waals surface area contributed by atoms with Crippen molar-refractivity contribution in [3.05, 3.63) is 58.0 Å². The molecule has 0 bridgehead atoms. The molecule has 0 radical (unpaired) electrons. The fraction of sp³-hybridized carbons (Fsp3) is 0.391. The molecule has 0 amide bonds. The highest BCUT2D eigenvalue weighted by Crippen LogP contribution is 2.52. The smallest absolute Gasteiger partial charge is 0.419 e. The monoisotopic (exact) mass is 467 g/mol. The lowest BCUT2D eigenvalue weighted by atomic mass is 9.72. The number of halogens is 5. The molecule has 3 N–H and O–H groups in total. The Bertz CT molecular complexity index is 1230. The molecule has 10 heteroatoms. The van der Waals surface area contributed by atoms with E-state index in [1.807, 2.05) is 0 Å². The SMILES string of the molecule is CCc1c(F)c(C)c(O)c2c1C(Nc1cc(F)cc3nc(C)ncc13)C(O)(C(F)(F)F)CC2. The van der Waals surface area contributed by atoms with Crippen molar-refractivity contribution >= 4 is 16.6 Å². The summed E-state index contributed by atoms with van der Waals surface area (Å²) in [5, 5.41) is 24.3. The maximum Gasteiger partial charge on any atom is 0.419 e. The molecule has 3 aromatic rings. The third-order valence-electron chi connectivity index (χ3n) is 6.34. The number of alkyl halides is 3. The van der Waals surface area contributed by atoms with Crippen LogP contribution in [0.5, 0.6) is 5.75 Å². The van der Waals surface area contributed by atoms with Crippen LogP contribution >= 0.6 is 0 Å². The number of rotatable bonds is 3. The third-order valence-corrected chi connectivity index (χ3v) is 6.34. The summed E-state index contributed by atoms with van der Waals surface area (Å²) in [5.74, 6) is -1.71. The number of phenolic OH excluding ortho intramolecular Hbond substituents is 1. The van der Waals surface area contributed by atoms with Crippen LogP contribution in [0, 0.1) is 25.5 Å². The van der Waals surface area contributed by atoms with Crippen LogP contribution in [0.2, 0.25) is 0 Å². The zero-order chi connectivity index (χ0) is 24.3. The van der Waals surface area contributed by atoms with Crippen LogP contribution in [0.4, 0.5) is 27.6 Å². The standard InChI is InChI=1S/C23H22F5N3O2/c1-4-13-18-14(20(32)10(2)19(13)25)5-6-22(33,23(26,27)28)21(18)31-17-8-12(24)7-16-15(17)9-29-11(3)30-16/h7-9,21,31-33H,4-6H2,1-3H3. The van der Waals surface area contributed by atoms with Crippen molar-refractivity contribution in [2.24, 2.45) is 0 Å². The van der Waals surface area contributed by atoms with Gasteiger partial charge < -0.3 is 15.5 Å². The first-order chi connectivity index (χ1) is 15.4. The van der Waals surface area contributed by atoms with Gasteiger partial charge in [0.2, 0.25) is 0 Å². The molecule has 0 aliphatic heterocycles. The molecule has 1 aliphatic carbocycles. The summed E-state index contributed by atoms with van der Waals surface area (Å²) < 4.78 is 72.0. The molecule has 33 heavy (non-hydrogen) atoms. The van der Waals surface area contributed by atoms with Crippen molar-refractivity contribution in [2.45, 2.75) is 57.9 Å². The number of phenols is 1. The highest BCUT2D eigenvalue weighted by atomic mass is 19.4. The van der Waals surface area contributed by atoms with Crippen molar-refractivity contribution in [3.63, 3.8) is 0 Å². The molecule has 1 aromatic heterocycles. The number of aliphatic hydroxyl groups is 1. The Morgan fingerprint density at radius 3 is 2.55 bits per heavy atom. The Morgan fingerprint density at radius 2 is 1.91 bits per heavy atom. The molecule has 5 nitrogen and oxygen atoms in total. The van der Waals surface area contributed by atoms with Crippen LogP contribution in [0.3, 0.4) is 0 Å². The first-order valence-electron chi connectivity index (χ1n) is 10.4. The van der Waals surface area contributed by atoms with E-state index in [2.05, 4.69) is 15.3 Å². The molecule has 176 valence electrons. The second kappa shape index (κ2) is 7.79. The molecule has 1 heterocycles. The number of anilines is 1. The van der Waals surface area contributed by atoms with Crippen LogP contribution in [0.1, 0.15) is 47.5 Å². The van der Waals surface area contributed by atoms with Gasteiger partial charge in [-0.2, -0.15) is 13.2 Å². The van der Waals surface area contributed by atoms with E-state index in [9.17, 15) is 27.8 Å². The summed E-state index contributed by atoms with van der Waals surface area (Å²) in [7, 11) is 0. The molecule has 2 atom stereocenters. The Hall–Kier alpha value is -3.01. The number of hydrogen-bond donors (Lipinski definition) is 3. The molecule has 0 spiro atoms. The van der Waals surface area contributed by atoms with Crippen molar-refractivity contribution in [3.8, 4) is 5.75 Å². The zero-order valence-electron chi connectivity index (χ0n) is 18.1. The number of hydrogen-bond acceptors (Lipinski definition) is 5. The number of fused-ring (bicyclic) bond motifs is 2. The second-order valence-corrected chi connectivity index (χ2v) is 8.31. The van der Waals surface area contributed by atoms with Gasteiger partial charge in [0.15, 0.2) is 5.60 Å². The summed E-state index contributed by atoms with van der Waals surface area (Å²) in [5.41, 5.74) is -3.39. The lowest BCUT2D eigenvalue weighted by Crippen LogP contribution is -2.55. The molecule has 0 saturated heterocycles. The molecule has 2 unspecified atom stereocenters. The first kappa shape index (κ1) is 23.2. The predicted octanol–water partition coefficient (Wildman–Crippen LogP) is 5.19. The molecular weight excluding hydrogens is 445 g/mol. The van der Waals surface area contributed by atoms with Crippen LogP contribution < -0.4 is 5.32 Å². The van der Waals surface area contributed by atoms with E-state index in [-0.39, 0.29) is 51.7 Å². The van der Waals surface area contributed by atoms with Gasteiger partial charge in [-0.05, 0) is 50.3 Å². The largest absolute Gasteiger partial charge is 0.507 e. The van der Waals surface area contributed by atoms with Gasteiger partial charge in [-0.25, -0.2) is 18.7 Å². The summed E-state index contributed by atoms with van der Waals surface area (Å²) in [6.07, 6.45) is -4.82. The van der Waals surface area contributed by atoms with Gasteiger partial charge >= 0.3 is 6.18 Å². The number of aryl methyl sites for hydroxylation is 1. The van der Waals surface area contributed by atoms with Gasteiger partial charge in [-0.1, -0.05) is 6.92 Å². The minimum absolute atomic E-state index is 0.0214. The normalized spacial score (nSPS) is 20.7. The molecule has 0 fully saturated rings. The van der Waals surface area contributed by atoms with Crippen molar-refractivity contribution < 1.29 is 32.2 Å². The average Bonchev–Trinajstić information content (AvgIpc) is 2.73. The van der Waals surface area contributed by atoms with E-state index < -0.39 is 41.6 Å². The Balaban J connectivity index is 2.01. The van der Waals surface area contributed by atoms with Gasteiger partial charge in [0, 0.05) is 34.5 Å². The van der Waals surface area contributed by atoms with E-state index in [4.69, 9.17) is 0 Å². The van der Waals surface area contributed by atoms with E-state index in [1.165, 1.54) is 13.1 Å². The lowest BCUT2D eigenvalue weighted by Gasteiger charge is -2.44. The number of nitrogens with one attached hydrogen (secondary N) is 1. The molecule has 4 rings (SSSR count). The van der Waals surface area contributed by atoms with Crippen LogP contribution in [-0.4, -0.2) is 32.0 Å². The molecule has 1 aliphatic rings. The Morgan fingerprint density at radius 1 is 1.21 bits per heavy atom. The summed E-state index contributed by atoms with van der Waals surface area (Å²) in [4.78, 5) is 8.15. The maximum atomic E-state index is 15.0. The molecule has 0 saturated carbocycles. The number of aromatic nitrogens is 2. The quantitative estimate of drug-likeness (QED) is 0.463. The van der Waals surface area contributed by atoms with Crippen molar-refractivity contribution in [1.82, 2.24) is 9.97 Å². The van der Waals surface area contributed by atoms with E-state index in [1.54, 1.807) is 13.8 Å². The number of nitrogens with zero attached hydrogens (tertiary/aromatic N) is 2. The van der Waals surface area contributed by atoms with Crippen molar-refractivity contribution in [2.75, 3.05) is 5.32 Å². The van der Waals surface area contributed by atoms with Gasteiger partial charge in [0.25, 0.3) is 0 Å². The summed E-state index contributed by atoms with van der Waals surface area (Å²) >= 11 is 0. The van der Waals surface area contributed by atoms with Crippen molar-refractivity contribution in [1.29, 1.82) is 0 Å². The molecular formula is C23H22F5N3O2. The van der Waals surface area contributed by atoms with Gasteiger partial charge in [-0.15, -0.1) is 0 Å². The number of aromatic hydroxyl groups is 1. The Kier molecular flexibility index (Phi) is 5.47. The predicted molar refractivity (Wildman–Crippen MR) is 112 cm³/mol. The fourth-order valence-electron chi connectivity index (χ4n) is 4.60. The minimum Gasteiger partial charge on any atom is -0.507 e. The maximum absolute atomic E-state index is 15.0. The second-order valence-electron chi connectivity index (χ2n) is 8.31. The van der Waals surface area contributed by atoms with E-state index in [0.717, 1.165) is 12.1 Å². The highest BCUT2D eigenvalue weighted by molar-refractivity contribution is 5.91. The third kappa shape index (κ3) is 3.56. The van der Waals surface area contributed by atoms with Gasteiger partial charge in [0.1, 0.15) is 23.2 Å². The summed E-state index contributed by atoms with van der Waals surface area (Å²) in [6, 6.07) is 0.178.